The average Bonchev–Trinajstić information content (AvgIpc) is 3.41. The number of imidazole rings is 1. The second-order valence-electron chi connectivity index (χ2n) is 8.33. The van der Waals surface area contributed by atoms with Gasteiger partial charge in [0.2, 0.25) is 21.9 Å². The number of nitrogens with one attached hydrogen (secondary N) is 1. The van der Waals surface area contributed by atoms with Crippen molar-refractivity contribution in [3.8, 4) is 0 Å². The first-order valence-electron chi connectivity index (χ1n) is 11.1. The maximum absolute atomic E-state index is 13.4. The van der Waals surface area contributed by atoms with Gasteiger partial charge in [0.05, 0.1) is 15.9 Å². The molecule has 2 aliphatic heterocycles. The average molecular weight is 454 g/mol. The number of H-pyrrole nitrogens is 1. The standard InChI is InChI=1S/C23H27N5O3S/c29-22(21-12-6-15-28(21)32(30,31)18-8-2-1-3-9-18)26-13-7-14-27(17-16-26)23-24-19-10-4-5-11-20(19)25-23/h1-5,8-11,21H,6-7,12-17H2,(H,24,25). The largest absolute Gasteiger partial charge is 0.341 e. The van der Waals surface area contributed by atoms with Gasteiger partial charge >= 0.3 is 0 Å². The van der Waals surface area contributed by atoms with E-state index in [1.54, 1.807) is 30.3 Å². The van der Waals surface area contributed by atoms with Crippen molar-refractivity contribution in [1.29, 1.82) is 0 Å². The van der Waals surface area contributed by atoms with Gasteiger partial charge in [0.15, 0.2) is 0 Å². The molecule has 32 heavy (non-hydrogen) atoms. The fourth-order valence-electron chi connectivity index (χ4n) is 4.65. The van der Waals surface area contributed by atoms with Crippen LogP contribution in [0.5, 0.6) is 0 Å². The Labute approximate surface area is 187 Å². The highest BCUT2D eigenvalue weighted by Gasteiger charge is 2.41. The van der Waals surface area contributed by atoms with E-state index in [1.807, 2.05) is 29.2 Å². The molecular weight excluding hydrogens is 426 g/mol. The number of rotatable bonds is 4. The lowest BCUT2D eigenvalue weighted by Gasteiger charge is -2.29. The molecule has 0 spiro atoms. The maximum Gasteiger partial charge on any atom is 0.243 e. The molecule has 3 aromatic rings. The fourth-order valence-corrected chi connectivity index (χ4v) is 6.32. The van der Waals surface area contributed by atoms with Gasteiger partial charge in [0, 0.05) is 32.7 Å². The first-order chi connectivity index (χ1) is 15.5. The zero-order valence-electron chi connectivity index (χ0n) is 17.9. The van der Waals surface area contributed by atoms with E-state index in [2.05, 4.69) is 14.9 Å². The van der Waals surface area contributed by atoms with E-state index in [1.165, 1.54) is 4.31 Å². The Hall–Kier alpha value is -2.91. The number of benzene rings is 2. The predicted molar refractivity (Wildman–Crippen MR) is 123 cm³/mol. The van der Waals surface area contributed by atoms with Crippen LogP contribution >= 0.6 is 0 Å². The number of nitrogens with zero attached hydrogens (tertiary/aromatic N) is 4. The van der Waals surface area contributed by atoms with Gasteiger partial charge in [0.1, 0.15) is 6.04 Å². The van der Waals surface area contributed by atoms with E-state index in [0.29, 0.717) is 39.0 Å². The molecule has 1 amide bonds. The third kappa shape index (κ3) is 3.86. The van der Waals surface area contributed by atoms with Gasteiger partial charge in [-0.2, -0.15) is 4.31 Å². The zero-order valence-corrected chi connectivity index (χ0v) is 18.7. The minimum Gasteiger partial charge on any atom is -0.341 e. The number of para-hydroxylation sites is 2. The van der Waals surface area contributed by atoms with Crippen molar-refractivity contribution in [2.75, 3.05) is 37.6 Å². The number of aromatic nitrogens is 2. The Bertz CT molecular complexity index is 1180. The van der Waals surface area contributed by atoms with Crippen molar-refractivity contribution >= 4 is 32.9 Å². The maximum atomic E-state index is 13.4. The molecule has 0 radical (unpaired) electrons. The van der Waals surface area contributed by atoms with Crippen LogP contribution in [0.3, 0.4) is 0 Å². The number of sulfonamides is 1. The first kappa shape index (κ1) is 21.0. The molecule has 0 bridgehead atoms. The van der Waals surface area contributed by atoms with Crippen molar-refractivity contribution < 1.29 is 13.2 Å². The Morgan fingerprint density at radius 2 is 1.69 bits per heavy atom. The lowest BCUT2D eigenvalue weighted by Crippen LogP contribution is -2.48. The fraction of sp³-hybridized carbons (Fsp3) is 0.391. The summed E-state index contributed by atoms with van der Waals surface area (Å²) in [5.74, 6) is 0.725. The Morgan fingerprint density at radius 1 is 0.906 bits per heavy atom. The number of amides is 1. The molecule has 9 heteroatoms. The van der Waals surface area contributed by atoms with E-state index in [9.17, 15) is 13.2 Å². The summed E-state index contributed by atoms with van der Waals surface area (Å²) in [5, 5.41) is 0. The van der Waals surface area contributed by atoms with Crippen molar-refractivity contribution in [3.05, 3.63) is 54.6 Å². The molecule has 1 atom stereocenters. The molecule has 2 saturated heterocycles. The van der Waals surface area contributed by atoms with Crippen LogP contribution in [-0.4, -0.2) is 72.3 Å². The molecule has 3 heterocycles. The van der Waals surface area contributed by atoms with Gasteiger partial charge in [-0.15, -0.1) is 0 Å². The van der Waals surface area contributed by atoms with Crippen LogP contribution in [0.4, 0.5) is 5.95 Å². The number of hydrogen-bond acceptors (Lipinski definition) is 5. The summed E-state index contributed by atoms with van der Waals surface area (Å²) in [6.45, 7) is 2.99. The van der Waals surface area contributed by atoms with Crippen LogP contribution < -0.4 is 4.90 Å². The van der Waals surface area contributed by atoms with Crippen molar-refractivity contribution in [3.63, 3.8) is 0 Å². The van der Waals surface area contributed by atoms with Gasteiger partial charge < -0.3 is 14.8 Å². The van der Waals surface area contributed by atoms with Gasteiger partial charge in [-0.3, -0.25) is 4.79 Å². The number of carbonyl (C=O) groups excluding carboxylic acids is 1. The van der Waals surface area contributed by atoms with Gasteiger partial charge in [-0.05, 0) is 43.5 Å². The molecule has 8 nitrogen and oxygen atoms in total. The quantitative estimate of drug-likeness (QED) is 0.656. The molecule has 0 saturated carbocycles. The lowest BCUT2D eigenvalue weighted by atomic mass is 10.2. The summed E-state index contributed by atoms with van der Waals surface area (Å²) in [7, 11) is -3.69. The van der Waals surface area contributed by atoms with Crippen LogP contribution in [0.1, 0.15) is 19.3 Å². The zero-order chi connectivity index (χ0) is 22.1. The Kier molecular flexibility index (Phi) is 5.60. The number of carbonyl (C=O) groups is 1. The van der Waals surface area contributed by atoms with Crippen molar-refractivity contribution in [1.82, 2.24) is 19.2 Å². The monoisotopic (exact) mass is 453 g/mol. The molecule has 1 N–H and O–H groups in total. The third-order valence-corrected chi connectivity index (χ3v) is 8.24. The molecule has 1 aromatic heterocycles. The van der Waals surface area contributed by atoms with Crippen LogP contribution in [0, 0.1) is 0 Å². The summed E-state index contributed by atoms with van der Waals surface area (Å²) < 4.78 is 27.7. The molecule has 2 aromatic carbocycles. The van der Waals surface area contributed by atoms with E-state index < -0.39 is 16.1 Å². The summed E-state index contributed by atoms with van der Waals surface area (Å²) in [6.07, 6.45) is 2.07. The smallest absolute Gasteiger partial charge is 0.243 e. The summed E-state index contributed by atoms with van der Waals surface area (Å²) in [6, 6.07) is 15.7. The van der Waals surface area contributed by atoms with Crippen LogP contribution in [0.15, 0.2) is 59.5 Å². The second-order valence-corrected chi connectivity index (χ2v) is 10.2. The van der Waals surface area contributed by atoms with Crippen LogP contribution in [0.25, 0.3) is 11.0 Å². The van der Waals surface area contributed by atoms with E-state index in [4.69, 9.17) is 0 Å². The highest BCUT2D eigenvalue weighted by molar-refractivity contribution is 7.89. The minimum atomic E-state index is -3.69. The van der Waals surface area contributed by atoms with E-state index in [0.717, 1.165) is 29.9 Å². The van der Waals surface area contributed by atoms with Gasteiger partial charge in [-0.25, -0.2) is 13.4 Å². The SMILES string of the molecule is O=C(C1CCCN1S(=O)(=O)c1ccccc1)N1CCCN(c2nc3ccccc3[nH]2)CC1. The number of fused-ring (bicyclic) bond motifs is 1. The molecule has 0 aliphatic carbocycles. The topological polar surface area (TPSA) is 89.6 Å². The molecule has 5 rings (SSSR count). The van der Waals surface area contributed by atoms with E-state index in [-0.39, 0.29) is 10.8 Å². The number of hydrogen-bond donors (Lipinski definition) is 1. The molecule has 1 unspecified atom stereocenters. The van der Waals surface area contributed by atoms with Crippen molar-refractivity contribution in [2.45, 2.75) is 30.2 Å². The number of aromatic amines is 1. The summed E-state index contributed by atoms with van der Waals surface area (Å²) in [4.78, 5) is 25.7. The number of anilines is 1. The van der Waals surface area contributed by atoms with Crippen LogP contribution in [0.2, 0.25) is 0 Å². The van der Waals surface area contributed by atoms with Gasteiger partial charge in [0.25, 0.3) is 0 Å². The summed E-state index contributed by atoms with van der Waals surface area (Å²) in [5.41, 5.74) is 1.92. The Balaban J connectivity index is 1.30. The van der Waals surface area contributed by atoms with Crippen molar-refractivity contribution in [2.24, 2.45) is 0 Å². The molecule has 2 fully saturated rings. The molecule has 2 aliphatic rings. The highest BCUT2D eigenvalue weighted by atomic mass is 32.2. The molecule has 168 valence electrons. The Morgan fingerprint density at radius 3 is 2.50 bits per heavy atom. The third-order valence-electron chi connectivity index (χ3n) is 6.32. The molecular formula is C23H27N5O3S. The van der Waals surface area contributed by atoms with Gasteiger partial charge in [-0.1, -0.05) is 30.3 Å². The van der Waals surface area contributed by atoms with E-state index >= 15 is 0 Å². The first-order valence-corrected chi connectivity index (χ1v) is 12.5. The minimum absolute atomic E-state index is 0.0894. The van der Waals surface area contributed by atoms with Crippen LogP contribution in [-0.2, 0) is 14.8 Å². The second kappa shape index (κ2) is 8.55. The lowest BCUT2D eigenvalue weighted by molar-refractivity contribution is -0.134. The summed E-state index contributed by atoms with van der Waals surface area (Å²) >= 11 is 0. The highest BCUT2D eigenvalue weighted by Crippen LogP contribution is 2.28. The predicted octanol–water partition coefficient (Wildman–Crippen LogP) is 2.45. The normalized spacial score (nSPS) is 20.6.